The Balaban J connectivity index is 1.79. The van der Waals surface area contributed by atoms with Crippen LogP contribution in [0.1, 0.15) is 43.7 Å². The zero-order valence-corrected chi connectivity index (χ0v) is 12.3. The summed E-state index contributed by atoms with van der Waals surface area (Å²) in [5.41, 5.74) is 2.09. The summed E-state index contributed by atoms with van der Waals surface area (Å²) in [6.07, 6.45) is 4.28. The van der Waals surface area contributed by atoms with Gasteiger partial charge in [0.25, 0.3) is 0 Å². The SMILES string of the molecule is CC1(NC(=O)C2CCC2C(=O)O)CCCc2ccccc21. The van der Waals surface area contributed by atoms with Crippen molar-refractivity contribution in [1.29, 1.82) is 0 Å². The van der Waals surface area contributed by atoms with Crippen molar-refractivity contribution in [2.45, 2.75) is 44.6 Å². The molecule has 112 valence electrons. The van der Waals surface area contributed by atoms with Crippen LogP contribution >= 0.6 is 0 Å². The molecule has 3 atom stereocenters. The average molecular weight is 287 g/mol. The number of carboxylic acids is 1. The molecule has 0 saturated heterocycles. The topological polar surface area (TPSA) is 66.4 Å². The minimum atomic E-state index is -0.851. The monoisotopic (exact) mass is 287 g/mol. The van der Waals surface area contributed by atoms with Gasteiger partial charge in [-0.05, 0) is 50.2 Å². The first kappa shape index (κ1) is 14.1. The van der Waals surface area contributed by atoms with E-state index in [1.54, 1.807) is 0 Å². The molecule has 0 heterocycles. The van der Waals surface area contributed by atoms with E-state index >= 15 is 0 Å². The van der Waals surface area contributed by atoms with E-state index in [-0.39, 0.29) is 17.4 Å². The van der Waals surface area contributed by atoms with Crippen molar-refractivity contribution < 1.29 is 14.7 Å². The van der Waals surface area contributed by atoms with Crippen LogP contribution in [0.3, 0.4) is 0 Å². The van der Waals surface area contributed by atoms with Crippen molar-refractivity contribution >= 4 is 11.9 Å². The molecular formula is C17H21NO3. The number of benzene rings is 1. The second kappa shape index (κ2) is 5.17. The second-order valence-corrected chi connectivity index (χ2v) is 6.46. The smallest absolute Gasteiger partial charge is 0.307 e. The van der Waals surface area contributed by atoms with Crippen LogP contribution in [-0.2, 0) is 21.5 Å². The number of rotatable bonds is 3. The van der Waals surface area contributed by atoms with E-state index in [1.807, 2.05) is 12.1 Å². The summed E-state index contributed by atoms with van der Waals surface area (Å²) in [7, 11) is 0. The Hall–Kier alpha value is -1.84. The van der Waals surface area contributed by atoms with Crippen LogP contribution in [0.2, 0.25) is 0 Å². The minimum Gasteiger partial charge on any atom is -0.481 e. The van der Waals surface area contributed by atoms with E-state index in [9.17, 15) is 9.59 Å². The summed E-state index contributed by atoms with van der Waals surface area (Å²) in [5, 5.41) is 12.2. The van der Waals surface area contributed by atoms with Crippen LogP contribution in [-0.4, -0.2) is 17.0 Å². The van der Waals surface area contributed by atoms with E-state index in [2.05, 4.69) is 24.4 Å². The highest BCUT2D eigenvalue weighted by Crippen LogP contribution is 2.38. The minimum absolute atomic E-state index is 0.104. The fourth-order valence-corrected chi connectivity index (χ4v) is 3.65. The predicted octanol–water partition coefficient (Wildman–Crippen LogP) is 2.47. The molecule has 3 unspecified atom stereocenters. The van der Waals surface area contributed by atoms with E-state index < -0.39 is 11.9 Å². The Labute approximate surface area is 124 Å². The van der Waals surface area contributed by atoms with Crippen molar-refractivity contribution in [3.05, 3.63) is 35.4 Å². The number of hydrogen-bond acceptors (Lipinski definition) is 2. The van der Waals surface area contributed by atoms with Gasteiger partial charge in [-0.3, -0.25) is 9.59 Å². The lowest BCUT2D eigenvalue weighted by atomic mass is 9.71. The number of aryl methyl sites for hydroxylation is 1. The van der Waals surface area contributed by atoms with Crippen molar-refractivity contribution in [2.75, 3.05) is 0 Å². The fraction of sp³-hybridized carbons (Fsp3) is 0.529. The number of carboxylic acid groups (broad SMARTS) is 1. The van der Waals surface area contributed by atoms with Gasteiger partial charge in [0.05, 0.1) is 17.4 Å². The third-order valence-corrected chi connectivity index (χ3v) is 5.06. The molecule has 2 N–H and O–H groups in total. The van der Waals surface area contributed by atoms with Crippen LogP contribution < -0.4 is 5.32 Å². The molecule has 2 aliphatic carbocycles. The fourth-order valence-electron chi connectivity index (χ4n) is 3.65. The summed E-state index contributed by atoms with van der Waals surface area (Å²) in [6.45, 7) is 2.05. The molecule has 21 heavy (non-hydrogen) atoms. The molecule has 4 heteroatoms. The largest absolute Gasteiger partial charge is 0.481 e. The van der Waals surface area contributed by atoms with Gasteiger partial charge in [0.2, 0.25) is 5.91 Å². The molecule has 0 aliphatic heterocycles. The highest BCUT2D eigenvalue weighted by molar-refractivity contribution is 5.86. The lowest BCUT2D eigenvalue weighted by Gasteiger charge is -2.40. The quantitative estimate of drug-likeness (QED) is 0.897. The van der Waals surface area contributed by atoms with Gasteiger partial charge in [0.1, 0.15) is 0 Å². The molecular weight excluding hydrogens is 266 g/mol. The molecule has 1 aromatic rings. The summed E-state index contributed by atoms with van der Waals surface area (Å²) in [5.74, 6) is -1.83. The Bertz CT molecular complexity index is 583. The van der Waals surface area contributed by atoms with E-state index in [0.29, 0.717) is 12.8 Å². The maximum atomic E-state index is 12.4. The van der Waals surface area contributed by atoms with Crippen molar-refractivity contribution in [3.63, 3.8) is 0 Å². The van der Waals surface area contributed by atoms with Gasteiger partial charge in [0, 0.05) is 0 Å². The van der Waals surface area contributed by atoms with Crippen molar-refractivity contribution in [1.82, 2.24) is 5.32 Å². The Kier molecular flexibility index (Phi) is 3.47. The number of carbonyl (C=O) groups is 2. The van der Waals surface area contributed by atoms with Crippen molar-refractivity contribution in [3.8, 4) is 0 Å². The molecule has 0 radical (unpaired) electrons. The molecule has 1 fully saturated rings. The Morgan fingerprint density at radius 3 is 2.62 bits per heavy atom. The first-order valence-electron chi connectivity index (χ1n) is 7.64. The van der Waals surface area contributed by atoms with Gasteiger partial charge >= 0.3 is 5.97 Å². The molecule has 0 bridgehead atoms. The van der Waals surface area contributed by atoms with Gasteiger partial charge in [-0.2, -0.15) is 0 Å². The number of nitrogens with one attached hydrogen (secondary N) is 1. The van der Waals surface area contributed by atoms with Crippen LogP contribution in [0.25, 0.3) is 0 Å². The number of carbonyl (C=O) groups excluding carboxylic acids is 1. The third kappa shape index (κ3) is 2.43. The second-order valence-electron chi connectivity index (χ2n) is 6.46. The van der Waals surface area contributed by atoms with Crippen LogP contribution in [0.4, 0.5) is 0 Å². The third-order valence-electron chi connectivity index (χ3n) is 5.06. The molecule has 1 saturated carbocycles. The van der Waals surface area contributed by atoms with E-state index in [4.69, 9.17) is 5.11 Å². The van der Waals surface area contributed by atoms with Gasteiger partial charge < -0.3 is 10.4 Å². The van der Waals surface area contributed by atoms with Gasteiger partial charge in [-0.25, -0.2) is 0 Å². The number of amides is 1. The zero-order chi connectivity index (χ0) is 15.0. The number of hydrogen-bond donors (Lipinski definition) is 2. The predicted molar refractivity (Wildman–Crippen MR) is 78.7 cm³/mol. The molecule has 2 aliphatic rings. The zero-order valence-electron chi connectivity index (χ0n) is 12.3. The first-order valence-corrected chi connectivity index (χ1v) is 7.64. The molecule has 1 amide bonds. The lowest BCUT2D eigenvalue weighted by molar-refractivity contribution is -0.153. The maximum absolute atomic E-state index is 12.4. The van der Waals surface area contributed by atoms with Crippen molar-refractivity contribution in [2.24, 2.45) is 11.8 Å². The first-order chi connectivity index (χ1) is 10.0. The van der Waals surface area contributed by atoms with E-state index in [0.717, 1.165) is 19.3 Å². The molecule has 3 rings (SSSR count). The molecule has 0 aromatic heterocycles. The molecule has 0 spiro atoms. The highest BCUT2D eigenvalue weighted by Gasteiger charge is 2.44. The van der Waals surface area contributed by atoms with Gasteiger partial charge in [0.15, 0.2) is 0 Å². The average Bonchev–Trinajstić information content (AvgIpc) is 2.36. The summed E-state index contributed by atoms with van der Waals surface area (Å²) < 4.78 is 0. The van der Waals surface area contributed by atoms with Gasteiger partial charge in [-0.15, -0.1) is 0 Å². The van der Waals surface area contributed by atoms with Crippen LogP contribution in [0.5, 0.6) is 0 Å². The number of aliphatic carboxylic acids is 1. The normalized spacial score (nSPS) is 30.9. The summed E-state index contributed by atoms with van der Waals surface area (Å²) >= 11 is 0. The Morgan fingerprint density at radius 2 is 1.95 bits per heavy atom. The van der Waals surface area contributed by atoms with Crippen LogP contribution in [0, 0.1) is 11.8 Å². The summed E-state index contributed by atoms with van der Waals surface area (Å²) in [6, 6.07) is 8.21. The maximum Gasteiger partial charge on any atom is 0.307 e. The molecule has 1 aromatic carbocycles. The number of fused-ring (bicyclic) bond motifs is 1. The standard InChI is InChI=1S/C17H21NO3/c1-17(10-4-6-11-5-2-3-7-14(11)17)18-15(19)12-8-9-13(12)16(20)21/h2-3,5,7,12-13H,4,6,8-10H2,1H3,(H,18,19)(H,20,21). The lowest BCUT2D eigenvalue weighted by Crippen LogP contribution is -2.52. The van der Waals surface area contributed by atoms with Gasteiger partial charge in [-0.1, -0.05) is 24.3 Å². The van der Waals surface area contributed by atoms with Crippen LogP contribution in [0.15, 0.2) is 24.3 Å². The van der Waals surface area contributed by atoms with E-state index in [1.165, 1.54) is 11.1 Å². The highest BCUT2D eigenvalue weighted by atomic mass is 16.4. The summed E-state index contributed by atoms with van der Waals surface area (Å²) in [4.78, 5) is 23.5. The molecule has 4 nitrogen and oxygen atoms in total. The Morgan fingerprint density at radius 1 is 1.24 bits per heavy atom.